The quantitative estimate of drug-likeness (QED) is 0.329. The molecule has 0 unspecified atom stereocenters. The SMILES string of the molecule is COc1cc(Cl)c(C)cc1N(C)C(=O)c1cnc(Nc2ccc(C)c(Cl)c2)c2ccccc12. The first-order valence-electron chi connectivity index (χ1n) is 10.3. The standard InChI is InChI=1S/C26H23Cl2N3O2/c1-15-9-10-17(12-21(15)27)30-25-19-8-6-5-7-18(19)20(14-29-25)26(32)31(3)23-11-16(2)22(28)13-24(23)33-4/h5-14H,1-4H3,(H,29,30). The second-order valence-corrected chi connectivity index (χ2v) is 8.61. The number of pyridine rings is 1. The number of nitrogens with zero attached hydrogens (tertiary/aromatic N) is 2. The van der Waals surface area contributed by atoms with Crippen molar-refractivity contribution in [3.05, 3.63) is 87.5 Å². The summed E-state index contributed by atoms with van der Waals surface area (Å²) in [6, 6.07) is 17.0. The first-order chi connectivity index (χ1) is 15.8. The fraction of sp³-hybridized carbons (Fsp3) is 0.154. The molecule has 0 atom stereocenters. The molecule has 1 amide bonds. The predicted molar refractivity (Wildman–Crippen MR) is 137 cm³/mol. The Labute approximate surface area is 202 Å². The highest BCUT2D eigenvalue weighted by Gasteiger charge is 2.21. The van der Waals surface area contributed by atoms with E-state index in [-0.39, 0.29) is 5.91 Å². The van der Waals surface area contributed by atoms with Crippen molar-refractivity contribution >= 4 is 57.1 Å². The van der Waals surface area contributed by atoms with E-state index in [1.54, 1.807) is 31.3 Å². The molecular formula is C26H23Cl2N3O2. The fourth-order valence-electron chi connectivity index (χ4n) is 3.63. The van der Waals surface area contributed by atoms with Gasteiger partial charge < -0.3 is 15.0 Å². The van der Waals surface area contributed by atoms with Crippen LogP contribution in [0.3, 0.4) is 0 Å². The summed E-state index contributed by atoms with van der Waals surface area (Å²) in [4.78, 5) is 19.7. The molecule has 0 aliphatic heterocycles. The molecule has 1 heterocycles. The van der Waals surface area contributed by atoms with E-state index in [1.165, 1.54) is 0 Å². The molecule has 0 bridgehead atoms. The predicted octanol–water partition coefficient (Wildman–Crippen LogP) is 7.19. The minimum Gasteiger partial charge on any atom is -0.495 e. The van der Waals surface area contributed by atoms with Crippen LogP contribution in [0, 0.1) is 13.8 Å². The third kappa shape index (κ3) is 4.47. The smallest absolute Gasteiger partial charge is 0.260 e. The summed E-state index contributed by atoms with van der Waals surface area (Å²) < 4.78 is 5.46. The third-order valence-electron chi connectivity index (χ3n) is 5.59. The average molecular weight is 480 g/mol. The molecule has 1 aromatic heterocycles. The molecule has 168 valence electrons. The molecule has 5 nitrogen and oxygen atoms in total. The number of hydrogen-bond acceptors (Lipinski definition) is 4. The normalized spacial score (nSPS) is 10.8. The number of nitrogens with one attached hydrogen (secondary N) is 1. The Morgan fingerprint density at radius 1 is 0.970 bits per heavy atom. The van der Waals surface area contributed by atoms with Crippen molar-refractivity contribution in [2.45, 2.75) is 13.8 Å². The van der Waals surface area contributed by atoms with E-state index >= 15 is 0 Å². The van der Waals surface area contributed by atoms with Crippen LogP contribution >= 0.6 is 23.2 Å². The number of hydrogen-bond donors (Lipinski definition) is 1. The molecule has 0 saturated carbocycles. The van der Waals surface area contributed by atoms with E-state index in [2.05, 4.69) is 10.3 Å². The number of rotatable bonds is 5. The Balaban J connectivity index is 1.75. The van der Waals surface area contributed by atoms with Crippen LogP contribution in [0.15, 0.2) is 60.8 Å². The number of fused-ring (bicyclic) bond motifs is 1. The number of carbonyl (C=O) groups excluding carboxylic acids is 1. The fourth-order valence-corrected chi connectivity index (χ4v) is 3.97. The monoisotopic (exact) mass is 479 g/mol. The molecule has 7 heteroatoms. The van der Waals surface area contributed by atoms with E-state index in [4.69, 9.17) is 27.9 Å². The Bertz CT molecular complexity index is 1370. The van der Waals surface area contributed by atoms with Crippen LogP contribution < -0.4 is 15.0 Å². The molecule has 4 aromatic rings. The number of methoxy groups -OCH3 is 1. The lowest BCUT2D eigenvalue weighted by molar-refractivity contribution is 0.0993. The van der Waals surface area contributed by atoms with E-state index < -0.39 is 0 Å². The zero-order valence-electron chi connectivity index (χ0n) is 18.7. The van der Waals surface area contributed by atoms with Gasteiger partial charge in [0.05, 0.1) is 18.4 Å². The first-order valence-corrected chi connectivity index (χ1v) is 11.1. The Hall–Kier alpha value is -3.28. The van der Waals surface area contributed by atoms with Gasteiger partial charge >= 0.3 is 0 Å². The summed E-state index contributed by atoms with van der Waals surface area (Å²) in [6.45, 7) is 3.84. The van der Waals surface area contributed by atoms with Gasteiger partial charge in [-0.15, -0.1) is 0 Å². The number of halogens is 2. The molecule has 0 radical (unpaired) electrons. The highest BCUT2D eigenvalue weighted by molar-refractivity contribution is 6.32. The van der Waals surface area contributed by atoms with Gasteiger partial charge in [-0.3, -0.25) is 4.79 Å². The van der Waals surface area contributed by atoms with Gasteiger partial charge in [0.25, 0.3) is 5.91 Å². The Morgan fingerprint density at radius 2 is 1.67 bits per heavy atom. The number of aromatic nitrogens is 1. The minimum atomic E-state index is -0.205. The largest absolute Gasteiger partial charge is 0.495 e. The summed E-state index contributed by atoms with van der Waals surface area (Å²) in [6.07, 6.45) is 1.59. The maximum Gasteiger partial charge on any atom is 0.260 e. The Kier molecular flexibility index (Phi) is 6.45. The van der Waals surface area contributed by atoms with E-state index in [1.807, 2.05) is 62.4 Å². The van der Waals surface area contributed by atoms with Crippen LogP contribution in [0.1, 0.15) is 21.5 Å². The number of carbonyl (C=O) groups is 1. The van der Waals surface area contributed by atoms with E-state index in [0.717, 1.165) is 27.6 Å². The zero-order chi connectivity index (χ0) is 23.7. The molecule has 4 rings (SSSR count). The lowest BCUT2D eigenvalue weighted by Crippen LogP contribution is -2.27. The summed E-state index contributed by atoms with van der Waals surface area (Å²) >= 11 is 12.5. The molecular weight excluding hydrogens is 457 g/mol. The van der Waals surface area contributed by atoms with Crippen molar-refractivity contribution in [2.24, 2.45) is 0 Å². The van der Waals surface area contributed by atoms with Crippen LogP contribution in [0.25, 0.3) is 10.8 Å². The van der Waals surface area contributed by atoms with Gasteiger partial charge in [-0.1, -0.05) is 53.5 Å². The van der Waals surface area contributed by atoms with Gasteiger partial charge in [-0.05, 0) is 48.6 Å². The zero-order valence-corrected chi connectivity index (χ0v) is 20.3. The molecule has 0 fully saturated rings. The van der Waals surface area contributed by atoms with Gasteiger partial charge in [-0.25, -0.2) is 4.98 Å². The van der Waals surface area contributed by atoms with Crippen LogP contribution in [0.4, 0.5) is 17.2 Å². The van der Waals surface area contributed by atoms with Gasteiger partial charge in [0, 0.05) is 40.4 Å². The van der Waals surface area contributed by atoms with Crippen molar-refractivity contribution in [3.8, 4) is 5.75 Å². The molecule has 1 N–H and O–H groups in total. The van der Waals surface area contributed by atoms with E-state index in [0.29, 0.717) is 32.9 Å². The highest BCUT2D eigenvalue weighted by atomic mass is 35.5. The first kappa shape index (κ1) is 22.9. The van der Waals surface area contributed by atoms with Gasteiger partial charge in [0.15, 0.2) is 0 Å². The van der Waals surface area contributed by atoms with Crippen molar-refractivity contribution in [3.63, 3.8) is 0 Å². The maximum absolute atomic E-state index is 13.5. The minimum absolute atomic E-state index is 0.205. The maximum atomic E-state index is 13.5. The van der Waals surface area contributed by atoms with Gasteiger partial charge in [0.2, 0.25) is 0 Å². The summed E-state index contributed by atoms with van der Waals surface area (Å²) in [5.41, 5.74) is 3.78. The number of benzene rings is 3. The van der Waals surface area contributed by atoms with Gasteiger partial charge in [0.1, 0.15) is 11.6 Å². The molecule has 33 heavy (non-hydrogen) atoms. The van der Waals surface area contributed by atoms with Crippen LogP contribution in [0.2, 0.25) is 10.0 Å². The number of amides is 1. The summed E-state index contributed by atoms with van der Waals surface area (Å²) in [5, 5.41) is 6.18. The van der Waals surface area contributed by atoms with E-state index in [9.17, 15) is 4.79 Å². The molecule has 0 saturated heterocycles. The number of ether oxygens (including phenoxy) is 1. The summed E-state index contributed by atoms with van der Waals surface area (Å²) in [5.74, 6) is 0.960. The number of anilines is 3. The third-order valence-corrected chi connectivity index (χ3v) is 6.40. The molecule has 3 aromatic carbocycles. The highest BCUT2D eigenvalue weighted by Crippen LogP contribution is 2.35. The topological polar surface area (TPSA) is 54.5 Å². The molecule has 0 spiro atoms. The van der Waals surface area contributed by atoms with Crippen molar-refractivity contribution in [1.29, 1.82) is 0 Å². The van der Waals surface area contributed by atoms with Crippen LogP contribution in [0.5, 0.6) is 5.75 Å². The lowest BCUT2D eigenvalue weighted by Gasteiger charge is -2.22. The molecule has 0 aliphatic carbocycles. The average Bonchev–Trinajstić information content (AvgIpc) is 2.82. The van der Waals surface area contributed by atoms with Gasteiger partial charge in [-0.2, -0.15) is 0 Å². The Morgan fingerprint density at radius 3 is 2.36 bits per heavy atom. The van der Waals surface area contributed by atoms with Crippen LogP contribution in [-0.4, -0.2) is 25.0 Å². The molecule has 0 aliphatic rings. The second-order valence-electron chi connectivity index (χ2n) is 7.79. The number of aryl methyl sites for hydroxylation is 2. The van der Waals surface area contributed by atoms with Crippen LogP contribution in [-0.2, 0) is 0 Å². The lowest BCUT2D eigenvalue weighted by atomic mass is 10.1. The van der Waals surface area contributed by atoms with Crippen molar-refractivity contribution in [1.82, 2.24) is 4.98 Å². The van der Waals surface area contributed by atoms with Crippen molar-refractivity contribution in [2.75, 3.05) is 24.4 Å². The van der Waals surface area contributed by atoms with Crippen molar-refractivity contribution < 1.29 is 9.53 Å². The summed E-state index contributed by atoms with van der Waals surface area (Å²) in [7, 11) is 3.26. The second kappa shape index (κ2) is 9.30.